The van der Waals surface area contributed by atoms with E-state index >= 15 is 0 Å². The van der Waals surface area contributed by atoms with E-state index in [1.807, 2.05) is 12.1 Å². The molecule has 1 aromatic heterocycles. The summed E-state index contributed by atoms with van der Waals surface area (Å²) in [6.45, 7) is 0. The highest BCUT2D eigenvalue weighted by atomic mass is 19.4. The van der Waals surface area contributed by atoms with Gasteiger partial charge < -0.3 is 15.8 Å². The Morgan fingerprint density at radius 3 is 2.00 bits per heavy atom. The summed E-state index contributed by atoms with van der Waals surface area (Å²) < 4.78 is 47.1. The number of ether oxygens (including phenoxy) is 1. The first-order valence-corrected chi connectivity index (χ1v) is 10.1. The average Bonchev–Trinajstić information content (AvgIpc) is 2.84. The molecule has 35 heavy (non-hydrogen) atoms. The van der Waals surface area contributed by atoms with Gasteiger partial charge in [-0.25, -0.2) is 0 Å². The number of nitriles is 2. The van der Waals surface area contributed by atoms with Crippen LogP contribution in [0.15, 0.2) is 72.8 Å². The van der Waals surface area contributed by atoms with Crippen molar-refractivity contribution in [2.45, 2.75) is 6.18 Å². The summed E-state index contributed by atoms with van der Waals surface area (Å²) in [4.78, 5) is 8.12. The molecule has 0 atom stereocenters. The fraction of sp³-hybridized carbons (Fsp3) is 0.0400. The van der Waals surface area contributed by atoms with E-state index in [0.717, 1.165) is 6.07 Å². The van der Waals surface area contributed by atoms with Crippen molar-refractivity contribution >= 4 is 17.5 Å². The number of nitrogens with zero attached hydrogens (tertiary/aromatic N) is 4. The van der Waals surface area contributed by atoms with E-state index in [1.165, 1.54) is 30.3 Å². The SMILES string of the molecule is N#Cc1ccc(Nc2nc(N)cc(Oc3ccc(-c4ccc(C#N)cc4)cc3C(F)(F)F)n2)cc1. The zero-order chi connectivity index (χ0) is 25.0. The Hall–Kier alpha value is -5.09. The second kappa shape index (κ2) is 9.41. The molecule has 0 aliphatic heterocycles. The van der Waals surface area contributed by atoms with Gasteiger partial charge >= 0.3 is 6.18 Å². The van der Waals surface area contributed by atoms with Crippen molar-refractivity contribution in [2.24, 2.45) is 0 Å². The number of halogens is 3. The molecule has 0 fully saturated rings. The molecule has 3 aromatic carbocycles. The molecule has 1 heterocycles. The van der Waals surface area contributed by atoms with Crippen molar-refractivity contribution in [3.05, 3.63) is 89.5 Å². The molecular weight excluding hydrogens is 457 g/mol. The maximum Gasteiger partial charge on any atom is 0.420 e. The molecule has 0 bridgehead atoms. The van der Waals surface area contributed by atoms with Crippen LogP contribution in [0.25, 0.3) is 11.1 Å². The number of aromatic nitrogens is 2. The maximum atomic E-state index is 13.9. The number of hydrogen-bond donors (Lipinski definition) is 2. The van der Waals surface area contributed by atoms with E-state index in [9.17, 15) is 13.2 Å². The van der Waals surface area contributed by atoms with Crippen molar-refractivity contribution in [1.82, 2.24) is 9.97 Å². The molecule has 0 radical (unpaired) electrons. The third kappa shape index (κ3) is 5.46. The first-order chi connectivity index (χ1) is 16.7. The van der Waals surface area contributed by atoms with Crippen LogP contribution in [-0.4, -0.2) is 9.97 Å². The lowest BCUT2D eigenvalue weighted by Gasteiger charge is -2.15. The lowest BCUT2D eigenvalue weighted by Crippen LogP contribution is -2.08. The van der Waals surface area contributed by atoms with Crippen molar-refractivity contribution in [2.75, 3.05) is 11.1 Å². The number of nitrogens with one attached hydrogen (secondary N) is 1. The molecule has 0 spiro atoms. The summed E-state index contributed by atoms with van der Waals surface area (Å²) in [6, 6.07) is 21.4. The van der Waals surface area contributed by atoms with E-state index in [1.54, 1.807) is 36.4 Å². The van der Waals surface area contributed by atoms with Crippen molar-refractivity contribution in [3.63, 3.8) is 0 Å². The first kappa shape index (κ1) is 23.1. The predicted molar refractivity (Wildman–Crippen MR) is 123 cm³/mol. The maximum absolute atomic E-state index is 13.9. The summed E-state index contributed by atoms with van der Waals surface area (Å²) in [5, 5.41) is 20.7. The van der Waals surface area contributed by atoms with E-state index in [2.05, 4.69) is 15.3 Å². The van der Waals surface area contributed by atoms with Gasteiger partial charge in [0.2, 0.25) is 11.8 Å². The molecule has 0 unspecified atom stereocenters. The van der Waals surface area contributed by atoms with Crippen LogP contribution in [0.2, 0.25) is 0 Å². The van der Waals surface area contributed by atoms with Gasteiger partial charge in [-0.05, 0) is 59.7 Å². The third-order valence-corrected chi connectivity index (χ3v) is 4.84. The van der Waals surface area contributed by atoms with Crippen LogP contribution in [0.3, 0.4) is 0 Å². The lowest BCUT2D eigenvalue weighted by atomic mass is 10.0. The van der Waals surface area contributed by atoms with Gasteiger partial charge in [0.05, 0.1) is 28.8 Å². The molecular formula is C25H15F3N6O. The van der Waals surface area contributed by atoms with Crippen LogP contribution in [0.1, 0.15) is 16.7 Å². The molecule has 4 rings (SSSR count). The molecule has 10 heteroatoms. The normalized spacial score (nSPS) is 10.8. The van der Waals surface area contributed by atoms with Crippen LogP contribution in [0.4, 0.5) is 30.6 Å². The van der Waals surface area contributed by atoms with Gasteiger partial charge in [0.1, 0.15) is 11.6 Å². The Morgan fingerprint density at radius 1 is 0.800 bits per heavy atom. The van der Waals surface area contributed by atoms with Crippen molar-refractivity contribution in [1.29, 1.82) is 10.5 Å². The van der Waals surface area contributed by atoms with Crippen molar-refractivity contribution in [3.8, 4) is 34.9 Å². The molecule has 7 nitrogen and oxygen atoms in total. The van der Waals surface area contributed by atoms with Gasteiger partial charge in [-0.2, -0.15) is 33.7 Å². The highest BCUT2D eigenvalue weighted by molar-refractivity contribution is 5.67. The number of hydrogen-bond acceptors (Lipinski definition) is 7. The van der Waals surface area contributed by atoms with Crippen LogP contribution in [-0.2, 0) is 6.18 Å². The quantitative estimate of drug-likeness (QED) is 0.364. The predicted octanol–water partition coefficient (Wildman–Crippen LogP) is 6.02. The van der Waals surface area contributed by atoms with Gasteiger partial charge in [0, 0.05) is 11.8 Å². The summed E-state index contributed by atoms with van der Waals surface area (Å²) >= 11 is 0. The minimum absolute atomic E-state index is 0.00692. The second-order valence-electron chi connectivity index (χ2n) is 7.27. The number of nitrogen functional groups attached to an aromatic ring is 1. The smallest absolute Gasteiger partial charge is 0.420 e. The molecule has 0 saturated heterocycles. The van der Waals surface area contributed by atoms with Crippen LogP contribution in [0, 0.1) is 22.7 Å². The van der Waals surface area contributed by atoms with E-state index in [4.69, 9.17) is 21.0 Å². The van der Waals surface area contributed by atoms with Crippen LogP contribution < -0.4 is 15.8 Å². The van der Waals surface area contributed by atoms with Gasteiger partial charge in [0.25, 0.3) is 0 Å². The second-order valence-corrected chi connectivity index (χ2v) is 7.27. The summed E-state index contributed by atoms with van der Waals surface area (Å²) in [5.74, 6) is -0.663. The number of alkyl halides is 3. The zero-order valence-electron chi connectivity index (χ0n) is 17.8. The van der Waals surface area contributed by atoms with Crippen molar-refractivity contribution < 1.29 is 17.9 Å². The highest BCUT2D eigenvalue weighted by Gasteiger charge is 2.35. The molecule has 0 saturated carbocycles. The Morgan fingerprint density at radius 2 is 1.40 bits per heavy atom. The van der Waals surface area contributed by atoms with Gasteiger partial charge in [-0.15, -0.1) is 0 Å². The monoisotopic (exact) mass is 472 g/mol. The summed E-state index contributed by atoms with van der Waals surface area (Å²) in [7, 11) is 0. The highest BCUT2D eigenvalue weighted by Crippen LogP contribution is 2.40. The summed E-state index contributed by atoms with van der Waals surface area (Å²) in [6.07, 6.45) is -4.71. The van der Waals surface area contributed by atoms with Gasteiger partial charge in [-0.1, -0.05) is 18.2 Å². The van der Waals surface area contributed by atoms with E-state index in [0.29, 0.717) is 27.9 Å². The molecule has 172 valence electrons. The van der Waals surface area contributed by atoms with Gasteiger partial charge in [0.15, 0.2) is 0 Å². The number of anilines is 3. The van der Waals surface area contributed by atoms with Crippen LogP contribution in [0.5, 0.6) is 11.6 Å². The van der Waals surface area contributed by atoms with E-state index in [-0.39, 0.29) is 17.6 Å². The third-order valence-electron chi connectivity index (χ3n) is 4.84. The number of rotatable bonds is 5. The number of nitrogens with two attached hydrogens (primary N) is 1. The molecule has 4 aromatic rings. The standard InChI is InChI=1S/C25H15F3N6O/c26-25(27,28)20-11-18(17-5-1-15(13-29)2-6-17)7-10-21(20)35-23-12-22(31)33-24(34-23)32-19-8-3-16(14-30)4-9-19/h1-12H,(H3,31,32,33,34). The number of benzene rings is 3. The van der Waals surface area contributed by atoms with Gasteiger partial charge in [-0.3, -0.25) is 0 Å². The molecule has 0 aliphatic rings. The lowest BCUT2D eigenvalue weighted by molar-refractivity contribution is -0.138. The Labute approximate surface area is 197 Å². The molecule has 3 N–H and O–H groups in total. The minimum Gasteiger partial charge on any atom is -0.438 e. The largest absolute Gasteiger partial charge is 0.438 e. The van der Waals surface area contributed by atoms with E-state index < -0.39 is 17.5 Å². The fourth-order valence-corrected chi connectivity index (χ4v) is 3.18. The first-order valence-electron chi connectivity index (χ1n) is 10.1. The zero-order valence-corrected chi connectivity index (χ0v) is 17.8. The summed E-state index contributed by atoms with van der Waals surface area (Å²) in [5.41, 5.74) is 7.02. The molecule has 0 aliphatic carbocycles. The Balaban J connectivity index is 1.64. The fourth-order valence-electron chi connectivity index (χ4n) is 3.18. The molecule has 0 amide bonds. The average molecular weight is 472 g/mol. The Kier molecular flexibility index (Phi) is 6.21. The topological polar surface area (TPSA) is 121 Å². The Bertz CT molecular complexity index is 1450. The minimum atomic E-state index is -4.71. The van der Waals surface area contributed by atoms with Crippen LogP contribution >= 0.6 is 0 Å².